The molecule has 228 valence electrons. The number of nitrogens with two attached hydrogens (primary N) is 2. The fraction of sp³-hybridized carbons (Fsp3) is 0.533. The van der Waals surface area contributed by atoms with E-state index in [-0.39, 0.29) is 29.2 Å². The molecule has 9 nitrogen and oxygen atoms in total. The van der Waals surface area contributed by atoms with Gasteiger partial charge in [0.15, 0.2) is 0 Å². The normalized spacial score (nSPS) is 19.7. The number of hydrogen-bond acceptors (Lipinski definition) is 7. The lowest BCUT2D eigenvalue weighted by molar-refractivity contribution is -0.274. The van der Waals surface area contributed by atoms with E-state index in [2.05, 4.69) is 46.2 Å². The Bertz CT molecular complexity index is 1270. The van der Waals surface area contributed by atoms with E-state index in [4.69, 9.17) is 11.5 Å². The van der Waals surface area contributed by atoms with Gasteiger partial charge in [-0.25, -0.2) is 9.59 Å². The summed E-state index contributed by atoms with van der Waals surface area (Å²) in [5.74, 6) is 2.18. The minimum Gasteiger partial charge on any atom is -0.406 e. The predicted molar refractivity (Wildman–Crippen MR) is 153 cm³/mol. The Morgan fingerprint density at radius 1 is 1.07 bits per heavy atom. The number of halogens is 3. The number of nitrogens with zero attached hydrogens (tertiary/aromatic N) is 4. The van der Waals surface area contributed by atoms with Gasteiger partial charge in [0.25, 0.3) is 0 Å². The van der Waals surface area contributed by atoms with Crippen molar-refractivity contribution in [3.05, 3.63) is 59.5 Å². The van der Waals surface area contributed by atoms with Gasteiger partial charge in [-0.2, -0.15) is 0 Å². The number of carbonyl (C=O) groups is 1. The Morgan fingerprint density at radius 3 is 2.26 bits per heavy atom. The molecule has 0 bridgehead atoms. The number of hydrogen-bond donors (Lipinski definition) is 2. The quantitative estimate of drug-likeness (QED) is 0.455. The van der Waals surface area contributed by atoms with Crippen LogP contribution in [0.1, 0.15) is 57.3 Å². The van der Waals surface area contributed by atoms with E-state index in [0.717, 1.165) is 18.4 Å². The molecule has 0 spiro atoms. The Balaban J connectivity index is 1.58. The number of piperidine rings is 1. The second-order valence-corrected chi connectivity index (χ2v) is 12.1. The monoisotopic (exact) mass is 588 g/mol. The van der Waals surface area contributed by atoms with Crippen LogP contribution in [0.3, 0.4) is 0 Å². The number of aromatic nitrogens is 1. The molecule has 4 rings (SSSR count). The second kappa shape index (κ2) is 12.6. The molecule has 2 unspecified atom stereocenters. The van der Waals surface area contributed by atoms with Crippen molar-refractivity contribution >= 4 is 17.7 Å². The summed E-state index contributed by atoms with van der Waals surface area (Å²) < 4.78 is 42.4. The SMILES string of the molecule is CC(C)(C)C1CN(C(c2ccc(OC(F)(F)F)cc2)c2ccc(N)cn2)CCN1C(=C=O)CC1CCN(C(N)=O)CC1. The number of primary amides is 1. The molecule has 4 N–H and O–H groups in total. The topological polar surface area (TPSA) is 118 Å². The van der Waals surface area contributed by atoms with Crippen LogP contribution in [0, 0.1) is 11.3 Å². The fourth-order valence-electron chi connectivity index (χ4n) is 5.95. The van der Waals surface area contributed by atoms with Crippen LogP contribution in [0.4, 0.5) is 23.7 Å². The summed E-state index contributed by atoms with van der Waals surface area (Å²) in [5, 5.41) is 0. The third-order valence-electron chi connectivity index (χ3n) is 8.17. The second-order valence-electron chi connectivity index (χ2n) is 12.1. The number of nitrogen functional groups attached to an aromatic ring is 1. The van der Waals surface area contributed by atoms with Gasteiger partial charge in [-0.15, -0.1) is 13.2 Å². The number of amides is 2. The molecule has 2 saturated heterocycles. The maximum Gasteiger partial charge on any atom is 0.573 e. The first kappa shape index (κ1) is 31.2. The van der Waals surface area contributed by atoms with Crippen LogP contribution >= 0.6 is 0 Å². The highest BCUT2D eigenvalue weighted by atomic mass is 19.4. The van der Waals surface area contributed by atoms with E-state index >= 15 is 0 Å². The van der Waals surface area contributed by atoms with Crippen LogP contribution in [0.25, 0.3) is 0 Å². The zero-order valence-corrected chi connectivity index (χ0v) is 24.2. The van der Waals surface area contributed by atoms with Crippen LogP contribution in [0.5, 0.6) is 5.75 Å². The molecular weight excluding hydrogens is 549 g/mol. The molecule has 0 radical (unpaired) electrons. The first-order chi connectivity index (χ1) is 19.7. The van der Waals surface area contributed by atoms with Gasteiger partial charge in [-0.05, 0) is 54.0 Å². The van der Waals surface area contributed by atoms with Crippen molar-refractivity contribution in [3.8, 4) is 5.75 Å². The van der Waals surface area contributed by atoms with Crippen molar-refractivity contribution in [1.82, 2.24) is 19.7 Å². The fourth-order valence-corrected chi connectivity index (χ4v) is 5.95. The molecule has 12 heteroatoms. The summed E-state index contributed by atoms with van der Waals surface area (Å²) in [5.41, 5.74) is 13.7. The molecule has 2 fully saturated rings. The molecule has 2 aromatic rings. The van der Waals surface area contributed by atoms with Gasteiger partial charge in [0.05, 0.1) is 29.3 Å². The lowest BCUT2D eigenvalue weighted by Gasteiger charge is -2.50. The van der Waals surface area contributed by atoms with Crippen LogP contribution in [-0.4, -0.2) is 76.8 Å². The van der Waals surface area contributed by atoms with E-state index in [1.807, 2.05) is 6.07 Å². The third kappa shape index (κ3) is 7.74. The Kier molecular flexibility index (Phi) is 9.37. The lowest BCUT2D eigenvalue weighted by Crippen LogP contribution is -2.58. The van der Waals surface area contributed by atoms with Crippen molar-refractivity contribution in [3.63, 3.8) is 0 Å². The number of carbonyl (C=O) groups excluding carboxylic acids is 2. The van der Waals surface area contributed by atoms with E-state index in [0.29, 0.717) is 56.2 Å². The molecule has 2 aliphatic rings. The summed E-state index contributed by atoms with van der Waals surface area (Å²) in [4.78, 5) is 34.5. The van der Waals surface area contributed by atoms with Crippen molar-refractivity contribution in [2.45, 2.75) is 58.5 Å². The number of anilines is 1. The van der Waals surface area contributed by atoms with Gasteiger partial charge >= 0.3 is 12.4 Å². The predicted octanol–water partition coefficient (Wildman–Crippen LogP) is 4.58. The minimum absolute atomic E-state index is 0.0578. The molecule has 1 aromatic heterocycles. The van der Waals surface area contributed by atoms with Crippen LogP contribution in [0.15, 0.2) is 48.3 Å². The van der Waals surface area contributed by atoms with E-state index in [1.165, 1.54) is 12.1 Å². The molecule has 2 atom stereocenters. The van der Waals surface area contributed by atoms with Gasteiger partial charge in [-0.3, -0.25) is 9.88 Å². The highest BCUT2D eigenvalue weighted by Gasteiger charge is 2.40. The first-order valence-corrected chi connectivity index (χ1v) is 14.1. The average molecular weight is 589 g/mol. The van der Waals surface area contributed by atoms with E-state index < -0.39 is 12.4 Å². The largest absolute Gasteiger partial charge is 0.573 e. The van der Waals surface area contributed by atoms with Crippen molar-refractivity contribution in [1.29, 1.82) is 0 Å². The van der Waals surface area contributed by atoms with Crippen molar-refractivity contribution in [2.24, 2.45) is 17.1 Å². The summed E-state index contributed by atoms with van der Waals surface area (Å²) >= 11 is 0. The maximum absolute atomic E-state index is 12.8. The third-order valence-corrected chi connectivity index (χ3v) is 8.17. The zero-order chi connectivity index (χ0) is 30.7. The van der Waals surface area contributed by atoms with Gasteiger partial charge in [0.2, 0.25) is 0 Å². The Morgan fingerprint density at radius 2 is 1.74 bits per heavy atom. The molecule has 2 amide bonds. The summed E-state index contributed by atoms with van der Waals surface area (Å²) in [7, 11) is 0. The van der Waals surface area contributed by atoms with Crippen molar-refractivity contribution < 1.29 is 27.5 Å². The number of likely N-dealkylation sites (tertiary alicyclic amines) is 1. The van der Waals surface area contributed by atoms with Gasteiger partial charge < -0.3 is 26.0 Å². The van der Waals surface area contributed by atoms with E-state index in [9.17, 15) is 22.8 Å². The Hall–Kier alpha value is -3.76. The highest BCUT2D eigenvalue weighted by Crippen LogP contribution is 2.38. The van der Waals surface area contributed by atoms with Crippen LogP contribution in [-0.2, 0) is 4.79 Å². The van der Waals surface area contributed by atoms with Crippen LogP contribution < -0.4 is 16.2 Å². The van der Waals surface area contributed by atoms with Gasteiger partial charge in [-0.1, -0.05) is 32.9 Å². The van der Waals surface area contributed by atoms with Gasteiger partial charge in [0, 0.05) is 45.2 Å². The lowest BCUT2D eigenvalue weighted by atomic mass is 9.82. The summed E-state index contributed by atoms with van der Waals surface area (Å²) in [6, 6.07) is 8.60. The number of rotatable bonds is 7. The smallest absolute Gasteiger partial charge is 0.406 e. The zero-order valence-electron chi connectivity index (χ0n) is 24.2. The van der Waals surface area contributed by atoms with Crippen LogP contribution in [0.2, 0.25) is 0 Å². The Labute approximate surface area is 244 Å². The number of alkyl halides is 3. The number of piperazine rings is 1. The molecule has 42 heavy (non-hydrogen) atoms. The molecule has 0 aliphatic carbocycles. The molecule has 0 saturated carbocycles. The summed E-state index contributed by atoms with van der Waals surface area (Å²) in [6.45, 7) is 9.25. The molecule has 2 aliphatic heterocycles. The minimum atomic E-state index is -4.78. The summed E-state index contributed by atoms with van der Waals surface area (Å²) in [6.07, 6.45) is -1.09. The number of pyridine rings is 1. The van der Waals surface area contributed by atoms with Gasteiger partial charge in [0.1, 0.15) is 11.7 Å². The van der Waals surface area contributed by atoms with Crippen molar-refractivity contribution in [2.75, 3.05) is 38.5 Å². The maximum atomic E-state index is 12.8. The molecule has 1 aromatic carbocycles. The number of allylic oxidation sites excluding steroid dienone is 1. The number of urea groups is 1. The average Bonchev–Trinajstić information content (AvgIpc) is 2.93. The number of benzene rings is 1. The highest BCUT2D eigenvalue weighted by molar-refractivity contribution is 5.72. The standard InChI is InChI=1S/C30H39F3N6O3/c1-29(2,3)26-18-38(14-15-39(26)23(19-40)16-20-10-12-37(13-11-20)28(35)41)27(25-9-6-22(34)17-36-25)21-4-7-24(8-5-21)42-30(31,32)33/h4-9,17,20,26-27H,10-16,18,34H2,1-3H3,(H2,35,41). The molecule has 3 heterocycles. The first-order valence-electron chi connectivity index (χ1n) is 14.1. The number of ether oxygens (including phenoxy) is 1. The molecular formula is C30H39F3N6O3. The van der Waals surface area contributed by atoms with E-state index in [1.54, 1.807) is 29.3 Å².